The van der Waals surface area contributed by atoms with Crippen LogP contribution in [0.2, 0.25) is 0 Å². The Morgan fingerprint density at radius 1 is 1.04 bits per heavy atom. The Labute approximate surface area is 161 Å². The largest absolute Gasteiger partial charge is 0.380 e. The van der Waals surface area contributed by atoms with Gasteiger partial charge in [-0.2, -0.15) is 0 Å². The number of carbonyl (C=O) groups is 1. The molecule has 1 aromatic heterocycles. The van der Waals surface area contributed by atoms with Crippen LogP contribution in [0.15, 0.2) is 70.3 Å². The maximum Gasteiger partial charge on any atom is 0.271 e. The van der Waals surface area contributed by atoms with Crippen molar-refractivity contribution in [2.75, 3.05) is 17.1 Å². The standard InChI is InChI=1S/C19H18N2O4S2/c1-25-13-14-4-2-5-17(12-14)20-19(22)15-7-9-16(10-8-15)21-27(23,24)18-6-3-11-26-18/h2-12,21H,13H2,1H3,(H,20,22). The Morgan fingerprint density at radius 2 is 1.81 bits per heavy atom. The second kappa shape index (κ2) is 8.34. The first-order valence-corrected chi connectivity index (χ1v) is 10.4. The average molecular weight is 402 g/mol. The molecule has 3 aromatic rings. The van der Waals surface area contributed by atoms with Crippen LogP contribution in [-0.4, -0.2) is 21.4 Å². The SMILES string of the molecule is COCc1cccc(NC(=O)c2ccc(NS(=O)(=O)c3cccs3)cc2)c1. The van der Waals surface area contributed by atoms with Gasteiger partial charge in [-0.1, -0.05) is 18.2 Å². The molecule has 2 N–H and O–H groups in total. The zero-order valence-corrected chi connectivity index (χ0v) is 16.1. The summed E-state index contributed by atoms with van der Waals surface area (Å²) in [4.78, 5) is 12.4. The van der Waals surface area contributed by atoms with E-state index in [-0.39, 0.29) is 10.1 Å². The normalized spacial score (nSPS) is 11.1. The molecule has 0 bridgehead atoms. The van der Waals surface area contributed by atoms with Gasteiger partial charge in [0, 0.05) is 24.0 Å². The van der Waals surface area contributed by atoms with Gasteiger partial charge in [0.15, 0.2) is 0 Å². The first kappa shape index (κ1) is 19.1. The maximum absolute atomic E-state index is 12.4. The number of hydrogen-bond donors (Lipinski definition) is 2. The van der Waals surface area contributed by atoms with Crippen molar-refractivity contribution >= 4 is 38.6 Å². The van der Waals surface area contributed by atoms with Crippen molar-refractivity contribution in [3.8, 4) is 0 Å². The molecular weight excluding hydrogens is 384 g/mol. The predicted octanol–water partition coefficient (Wildman–Crippen LogP) is 3.95. The smallest absolute Gasteiger partial charge is 0.271 e. The quantitative estimate of drug-likeness (QED) is 0.627. The minimum absolute atomic E-state index is 0.236. The van der Waals surface area contributed by atoms with Crippen LogP contribution in [0.5, 0.6) is 0 Å². The Balaban J connectivity index is 1.68. The van der Waals surface area contributed by atoms with Gasteiger partial charge >= 0.3 is 0 Å². The number of hydrogen-bond acceptors (Lipinski definition) is 5. The molecule has 2 aromatic carbocycles. The van der Waals surface area contributed by atoms with Gasteiger partial charge in [0.2, 0.25) is 0 Å². The van der Waals surface area contributed by atoms with Gasteiger partial charge < -0.3 is 10.1 Å². The lowest BCUT2D eigenvalue weighted by molar-refractivity contribution is 0.102. The van der Waals surface area contributed by atoms with E-state index in [1.807, 2.05) is 18.2 Å². The lowest BCUT2D eigenvalue weighted by atomic mass is 10.1. The summed E-state index contributed by atoms with van der Waals surface area (Å²) in [6.07, 6.45) is 0. The van der Waals surface area contributed by atoms with Crippen LogP contribution in [0.4, 0.5) is 11.4 Å². The molecule has 0 radical (unpaired) electrons. The summed E-state index contributed by atoms with van der Waals surface area (Å²) in [6, 6.07) is 16.8. The van der Waals surface area contributed by atoms with Crippen molar-refractivity contribution in [1.82, 2.24) is 0 Å². The number of carbonyl (C=O) groups excluding carboxylic acids is 1. The van der Waals surface area contributed by atoms with Crippen LogP contribution in [-0.2, 0) is 21.4 Å². The molecule has 0 saturated heterocycles. The number of benzene rings is 2. The number of sulfonamides is 1. The van der Waals surface area contributed by atoms with Gasteiger partial charge in [-0.25, -0.2) is 8.42 Å². The topological polar surface area (TPSA) is 84.5 Å². The summed E-state index contributed by atoms with van der Waals surface area (Å²) in [5.74, 6) is -0.280. The molecular formula is C19H18N2O4S2. The van der Waals surface area contributed by atoms with Crippen LogP contribution >= 0.6 is 11.3 Å². The molecule has 6 nitrogen and oxygen atoms in total. The van der Waals surface area contributed by atoms with Crippen LogP contribution < -0.4 is 10.0 Å². The highest BCUT2D eigenvalue weighted by Gasteiger charge is 2.15. The highest BCUT2D eigenvalue weighted by Crippen LogP contribution is 2.21. The monoisotopic (exact) mass is 402 g/mol. The van der Waals surface area contributed by atoms with E-state index in [2.05, 4.69) is 10.0 Å². The van der Waals surface area contributed by atoms with E-state index in [1.54, 1.807) is 48.9 Å². The summed E-state index contributed by atoms with van der Waals surface area (Å²) in [7, 11) is -2.00. The number of nitrogens with one attached hydrogen (secondary N) is 2. The molecule has 0 aliphatic rings. The van der Waals surface area contributed by atoms with Crippen molar-refractivity contribution in [2.24, 2.45) is 0 Å². The lowest BCUT2D eigenvalue weighted by Crippen LogP contribution is -2.13. The number of ether oxygens (including phenoxy) is 1. The van der Waals surface area contributed by atoms with E-state index in [4.69, 9.17) is 4.74 Å². The van der Waals surface area contributed by atoms with Gasteiger partial charge in [-0.05, 0) is 53.4 Å². The van der Waals surface area contributed by atoms with E-state index < -0.39 is 10.0 Å². The fourth-order valence-corrected chi connectivity index (χ4v) is 4.47. The number of thiophene rings is 1. The van der Waals surface area contributed by atoms with Gasteiger partial charge in [0.05, 0.1) is 6.61 Å². The molecule has 27 heavy (non-hydrogen) atoms. The van der Waals surface area contributed by atoms with E-state index >= 15 is 0 Å². The van der Waals surface area contributed by atoms with Crippen molar-refractivity contribution in [3.63, 3.8) is 0 Å². The van der Waals surface area contributed by atoms with Crippen LogP contribution in [0.3, 0.4) is 0 Å². The van der Waals surface area contributed by atoms with E-state index in [1.165, 1.54) is 6.07 Å². The molecule has 0 unspecified atom stereocenters. The summed E-state index contributed by atoms with van der Waals surface area (Å²) in [5, 5.41) is 4.51. The highest BCUT2D eigenvalue weighted by atomic mass is 32.2. The molecule has 0 aliphatic heterocycles. The van der Waals surface area contributed by atoms with Gasteiger partial charge in [-0.3, -0.25) is 9.52 Å². The summed E-state index contributed by atoms with van der Waals surface area (Å²) < 4.78 is 32.3. The molecule has 0 fully saturated rings. The summed E-state index contributed by atoms with van der Waals surface area (Å²) in [6.45, 7) is 0.461. The van der Waals surface area contributed by atoms with E-state index in [9.17, 15) is 13.2 Å². The Morgan fingerprint density at radius 3 is 2.48 bits per heavy atom. The van der Waals surface area contributed by atoms with Crippen LogP contribution in [0, 0.1) is 0 Å². The first-order valence-electron chi connectivity index (χ1n) is 8.03. The molecule has 0 saturated carbocycles. The number of rotatable bonds is 7. The third kappa shape index (κ3) is 4.94. The minimum Gasteiger partial charge on any atom is -0.380 e. The lowest BCUT2D eigenvalue weighted by Gasteiger charge is -2.09. The molecule has 1 heterocycles. The molecule has 1 amide bonds. The fourth-order valence-electron chi connectivity index (χ4n) is 2.42. The fraction of sp³-hybridized carbons (Fsp3) is 0.105. The second-order valence-corrected chi connectivity index (χ2v) is 8.56. The zero-order valence-electron chi connectivity index (χ0n) is 14.5. The van der Waals surface area contributed by atoms with Gasteiger partial charge in [-0.15, -0.1) is 11.3 Å². The summed E-state index contributed by atoms with van der Waals surface area (Å²) in [5.41, 5.74) is 2.43. The third-order valence-electron chi connectivity index (χ3n) is 3.66. The number of anilines is 2. The average Bonchev–Trinajstić information content (AvgIpc) is 3.18. The molecule has 140 valence electrons. The van der Waals surface area contributed by atoms with Crippen LogP contribution in [0.25, 0.3) is 0 Å². The van der Waals surface area contributed by atoms with Crippen molar-refractivity contribution in [3.05, 3.63) is 77.2 Å². The molecule has 0 atom stereocenters. The maximum atomic E-state index is 12.4. The van der Waals surface area contributed by atoms with Gasteiger partial charge in [0.25, 0.3) is 15.9 Å². The van der Waals surface area contributed by atoms with Crippen molar-refractivity contribution < 1.29 is 17.9 Å². The second-order valence-electron chi connectivity index (χ2n) is 5.70. The number of methoxy groups -OCH3 is 1. The molecule has 0 aliphatic carbocycles. The summed E-state index contributed by atoms with van der Waals surface area (Å²) >= 11 is 1.14. The van der Waals surface area contributed by atoms with Crippen molar-refractivity contribution in [2.45, 2.75) is 10.8 Å². The minimum atomic E-state index is -3.61. The van der Waals surface area contributed by atoms with Crippen LogP contribution in [0.1, 0.15) is 15.9 Å². The van der Waals surface area contributed by atoms with Crippen molar-refractivity contribution in [1.29, 1.82) is 0 Å². The Bertz CT molecular complexity index is 1010. The third-order valence-corrected chi connectivity index (χ3v) is 6.43. The van der Waals surface area contributed by atoms with Gasteiger partial charge in [0.1, 0.15) is 4.21 Å². The highest BCUT2D eigenvalue weighted by molar-refractivity contribution is 7.94. The molecule has 8 heteroatoms. The zero-order chi connectivity index (χ0) is 19.3. The molecule has 0 spiro atoms. The Hall–Kier alpha value is -2.68. The Kier molecular flexibility index (Phi) is 5.90. The molecule has 3 rings (SSSR count). The van der Waals surface area contributed by atoms with E-state index in [0.717, 1.165) is 16.9 Å². The van der Waals surface area contributed by atoms with E-state index in [0.29, 0.717) is 23.5 Å². The number of amides is 1. The predicted molar refractivity (Wildman–Crippen MR) is 107 cm³/mol. The first-order chi connectivity index (χ1) is 13.0.